The van der Waals surface area contributed by atoms with Gasteiger partial charge in [-0.2, -0.15) is 13.2 Å². The fourth-order valence-corrected chi connectivity index (χ4v) is 3.81. The Balaban J connectivity index is 0.000000285. The number of carbonyl (C=O) groups is 1. The highest BCUT2D eigenvalue weighted by atomic mass is 19.4. The summed E-state index contributed by atoms with van der Waals surface area (Å²) in [6.07, 6.45) is 1.29. The number of ether oxygens (including phenoxy) is 1. The molecule has 1 aromatic rings. The first-order chi connectivity index (χ1) is 12.7. The lowest BCUT2D eigenvalue weighted by atomic mass is 9.96. The van der Waals surface area contributed by atoms with Gasteiger partial charge in [0.25, 0.3) is 0 Å². The minimum atomic E-state index is -4.40. The van der Waals surface area contributed by atoms with E-state index in [1.54, 1.807) is 6.92 Å². The van der Waals surface area contributed by atoms with Gasteiger partial charge >= 0.3 is 6.18 Å². The molecule has 0 aromatic heterocycles. The Bertz CT molecular complexity index is 641. The maximum atomic E-state index is 12.5. The Hall–Kier alpha value is -1.60. The number of nitrogens with zero attached hydrogens (tertiary/aromatic N) is 1. The number of benzene rings is 1. The number of likely N-dealkylation sites (tertiary alicyclic amines) is 1. The Morgan fingerprint density at radius 3 is 2.33 bits per heavy atom. The molecule has 3 rings (SSSR count). The number of alkyl halides is 3. The molecule has 0 spiro atoms. The molecule has 1 aromatic carbocycles. The van der Waals surface area contributed by atoms with Crippen molar-refractivity contribution >= 4 is 5.91 Å². The van der Waals surface area contributed by atoms with E-state index in [4.69, 9.17) is 10.5 Å². The van der Waals surface area contributed by atoms with Gasteiger partial charge in [0.05, 0.1) is 5.56 Å². The van der Waals surface area contributed by atoms with E-state index in [9.17, 15) is 18.0 Å². The molecule has 0 aliphatic carbocycles. The third kappa shape index (κ3) is 5.94. The zero-order valence-electron chi connectivity index (χ0n) is 16.1. The number of primary amides is 1. The second-order valence-corrected chi connectivity index (χ2v) is 7.13. The lowest BCUT2D eigenvalue weighted by Gasteiger charge is -2.30. The highest BCUT2D eigenvalue weighted by Crippen LogP contribution is 2.32. The number of nitrogens with two attached hydrogens (primary N) is 1. The Kier molecular flexibility index (Phi) is 7.68. The van der Waals surface area contributed by atoms with Gasteiger partial charge in [-0.3, -0.25) is 4.79 Å². The second-order valence-electron chi connectivity index (χ2n) is 7.13. The maximum Gasteiger partial charge on any atom is 0.416 e. The van der Waals surface area contributed by atoms with Gasteiger partial charge in [-0.25, -0.2) is 0 Å². The van der Waals surface area contributed by atoms with Crippen LogP contribution < -0.4 is 5.73 Å². The fourth-order valence-electron chi connectivity index (χ4n) is 3.81. The highest BCUT2D eigenvalue weighted by Gasteiger charge is 2.32. The molecular weight excluding hydrogens is 357 g/mol. The van der Waals surface area contributed by atoms with E-state index < -0.39 is 17.6 Å². The minimum Gasteiger partial charge on any atom is -0.381 e. The van der Waals surface area contributed by atoms with Crippen LogP contribution >= 0.6 is 0 Å². The van der Waals surface area contributed by atoms with Gasteiger partial charge in [0.1, 0.15) is 0 Å². The predicted molar refractivity (Wildman–Crippen MR) is 101 cm³/mol. The van der Waals surface area contributed by atoms with E-state index in [2.05, 4.69) is 4.90 Å². The summed E-state index contributed by atoms with van der Waals surface area (Å²) < 4.78 is 42.8. The van der Waals surface area contributed by atoms with Crippen molar-refractivity contribution in [3.05, 3.63) is 34.4 Å². The van der Waals surface area contributed by atoms with Crippen LogP contribution in [0, 0.1) is 6.92 Å². The molecule has 0 bridgehead atoms. The van der Waals surface area contributed by atoms with Crippen LogP contribution in [-0.4, -0.2) is 43.2 Å². The van der Waals surface area contributed by atoms with Gasteiger partial charge in [0, 0.05) is 26.2 Å². The quantitative estimate of drug-likeness (QED) is 0.845. The van der Waals surface area contributed by atoms with E-state index in [0.717, 1.165) is 31.4 Å². The van der Waals surface area contributed by atoms with Gasteiger partial charge < -0.3 is 15.4 Å². The van der Waals surface area contributed by atoms with Crippen LogP contribution in [0.5, 0.6) is 0 Å². The lowest BCUT2D eigenvalue weighted by molar-refractivity contribution is -0.137. The molecule has 0 radical (unpaired) electrons. The van der Waals surface area contributed by atoms with Crippen LogP contribution in [0.3, 0.4) is 0 Å². The number of carbonyl (C=O) groups excluding carboxylic acids is 1. The van der Waals surface area contributed by atoms with E-state index in [-0.39, 0.29) is 12.6 Å². The summed E-state index contributed by atoms with van der Waals surface area (Å²) in [6, 6.07) is 2.78. The largest absolute Gasteiger partial charge is 0.416 e. The maximum absolute atomic E-state index is 12.5. The number of hydrogen-bond donors (Lipinski definition) is 1. The molecule has 4 nitrogen and oxygen atoms in total. The van der Waals surface area contributed by atoms with Crippen molar-refractivity contribution in [3.63, 3.8) is 0 Å². The van der Waals surface area contributed by atoms with Gasteiger partial charge in [-0.15, -0.1) is 0 Å². The molecule has 2 heterocycles. The van der Waals surface area contributed by atoms with Crippen LogP contribution in [0.2, 0.25) is 0 Å². The smallest absolute Gasteiger partial charge is 0.381 e. The van der Waals surface area contributed by atoms with E-state index in [1.807, 2.05) is 0 Å². The van der Waals surface area contributed by atoms with Crippen LogP contribution in [0.15, 0.2) is 12.1 Å². The van der Waals surface area contributed by atoms with E-state index in [1.165, 1.54) is 45.7 Å². The summed E-state index contributed by atoms with van der Waals surface area (Å²) >= 11 is 0. The normalized spacial score (nSPS) is 18.9. The first-order valence-electron chi connectivity index (χ1n) is 9.56. The standard InChI is InChI=1S/C11H12F3NO.C9H17NO.H2/c1-3-7-5-8(11(12,13)14)4-6(2)9(7)10(15)16;1-2-6-10(5-1)9-3-7-11-8-4-9;/h4-5H,3H2,1-2H3,(H2,15,16);9H,1-8H2;1H. The Labute approximate surface area is 160 Å². The monoisotopic (exact) mass is 388 g/mol. The molecule has 2 aliphatic heterocycles. The molecule has 0 atom stereocenters. The number of amides is 1. The van der Waals surface area contributed by atoms with Crippen LogP contribution in [0.1, 0.15) is 61.1 Å². The van der Waals surface area contributed by atoms with Crippen LogP contribution in [0.25, 0.3) is 0 Å². The first-order valence-corrected chi connectivity index (χ1v) is 9.56. The van der Waals surface area contributed by atoms with Crippen molar-refractivity contribution in [1.29, 1.82) is 0 Å². The molecule has 2 saturated heterocycles. The molecule has 2 N–H and O–H groups in total. The Morgan fingerprint density at radius 2 is 1.85 bits per heavy atom. The van der Waals surface area contributed by atoms with E-state index in [0.29, 0.717) is 12.0 Å². The molecule has 27 heavy (non-hydrogen) atoms. The number of hydrogen-bond acceptors (Lipinski definition) is 3. The van der Waals surface area contributed by atoms with Crippen LogP contribution in [-0.2, 0) is 17.3 Å². The molecule has 0 saturated carbocycles. The average molecular weight is 388 g/mol. The molecular formula is C20H31F3N2O2. The zero-order valence-corrected chi connectivity index (χ0v) is 16.1. The second kappa shape index (κ2) is 9.55. The lowest BCUT2D eigenvalue weighted by Crippen LogP contribution is -2.37. The molecule has 7 heteroatoms. The first kappa shape index (κ1) is 21.7. The third-order valence-electron chi connectivity index (χ3n) is 5.22. The molecule has 2 fully saturated rings. The summed E-state index contributed by atoms with van der Waals surface area (Å²) in [5, 5.41) is 0. The summed E-state index contributed by atoms with van der Waals surface area (Å²) in [7, 11) is 0. The topological polar surface area (TPSA) is 55.6 Å². The van der Waals surface area contributed by atoms with Crippen molar-refractivity contribution in [2.45, 2.75) is 58.2 Å². The molecule has 0 unspecified atom stereocenters. The molecule has 1 amide bonds. The van der Waals surface area contributed by atoms with Crippen molar-refractivity contribution < 1.29 is 24.1 Å². The summed E-state index contributed by atoms with van der Waals surface area (Å²) in [5.74, 6) is -0.692. The van der Waals surface area contributed by atoms with Gasteiger partial charge in [0.15, 0.2) is 0 Å². The van der Waals surface area contributed by atoms with Crippen molar-refractivity contribution in [3.8, 4) is 0 Å². The summed E-state index contributed by atoms with van der Waals surface area (Å²) in [6.45, 7) is 7.79. The van der Waals surface area contributed by atoms with E-state index >= 15 is 0 Å². The van der Waals surface area contributed by atoms with Gasteiger partial charge in [0.2, 0.25) is 5.91 Å². The Morgan fingerprint density at radius 1 is 1.26 bits per heavy atom. The SMILES string of the molecule is C1CCN(C2CCOCC2)C1.CCc1cc(C(F)(F)F)cc(C)c1C(N)=O.[HH]. The average Bonchev–Trinajstić information content (AvgIpc) is 3.16. The molecule has 154 valence electrons. The van der Waals surface area contributed by atoms with Crippen molar-refractivity contribution in [2.24, 2.45) is 5.73 Å². The minimum absolute atomic E-state index is 0. The van der Waals surface area contributed by atoms with Crippen LogP contribution in [0.4, 0.5) is 13.2 Å². The van der Waals surface area contributed by atoms with Crippen molar-refractivity contribution in [2.75, 3.05) is 26.3 Å². The fraction of sp³-hybridized carbons (Fsp3) is 0.650. The zero-order chi connectivity index (χ0) is 20.0. The highest BCUT2D eigenvalue weighted by molar-refractivity contribution is 5.96. The van der Waals surface area contributed by atoms with Gasteiger partial charge in [-0.1, -0.05) is 6.92 Å². The number of rotatable bonds is 3. The molecule has 2 aliphatic rings. The van der Waals surface area contributed by atoms with Gasteiger partial charge in [-0.05, 0) is 75.4 Å². The third-order valence-corrected chi connectivity index (χ3v) is 5.22. The summed E-state index contributed by atoms with van der Waals surface area (Å²) in [4.78, 5) is 13.7. The number of halogens is 3. The predicted octanol–water partition coefficient (Wildman–Crippen LogP) is 4.18. The van der Waals surface area contributed by atoms with Crippen molar-refractivity contribution in [1.82, 2.24) is 4.90 Å². The summed E-state index contributed by atoms with van der Waals surface area (Å²) in [5.41, 5.74) is 5.17. The number of aryl methyl sites for hydroxylation is 2.